The third kappa shape index (κ3) is 8.58. The molecule has 0 aliphatic heterocycles. The van der Waals surface area contributed by atoms with Gasteiger partial charge in [-0.15, -0.1) is 11.8 Å². The average Bonchev–Trinajstić information content (AvgIpc) is 2.69. The summed E-state index contributed by atoms with van der Waals surface area (Å²) in [6.45, 7) is 10.2. The zero-order chi connectivity index (χ0) is 23.0. The first-order valence-corrected chi connectivity index (χ1v) is 12.1. The van der Waals surface area contributed by atoms with Crippen LogP contribution in [0.4, 0.5) is 0 Å². The number of amides is 2. The van der Waals surface area contributed by atoms with Crippen LogP contribution in [0.1, 0.15) is 50.8 Å². The molecule has 0 radical (unpaired) electrons. The van der Waals surface area contributed by atoms with Crippen molar-refractivity contribution in [2.45, 2.75) is 64.9 Å². The Kier molecular flexibility index (Phi) is 9.45. The molecule has 2 aromatic carbocycles. The summed E-state index contributed by atoms with van der Waals surface area (Å²) >= 11 is 7.49. The molecule has 0 saturated carbocycles. The highest BCUT2D eigenvalue weighted by Crippen LogP contribution is 2.19. The van der Waals surface area contributed by atoms with Gasteiger partial charge in [0.2, 0.25) is 11.8 Å². The van der Waals surface area contributed by atoms with E-state index in [-0.39, 0.29) is 17.4 Å². The van der Waals surface area contributed by atoms with Crippen LogP contribution in [0.15, 0.2) is 48.5 Å². The first-order valence-electron chi connectivity index (χ1n) is 10.6. The van der Waals surface area contributed by atoms with Crippen molar-refractivity contribution in [3.63, 3.8) is 0 Å². The molecule has 6 heteroatoms. The van der Waals surface area contributed by atoms with E-state index in [2.05, 4.69) is 5.32 Å². The number of carbonyl (C=O) groups excluding carboxylic acids is 2. The van der Waals surface area contributed by atoms with E-state index in [1.807, 2.05) is 83.1 Å². The molecule has 0 spiro atoms. The fraction of sp³-hybridized carbons (Fsp3) is 0.440. The molecule has 0 aromatic heterocycles. The maximum atomic E-state index is 13.2. The molecule has 2 amide bonds. The van der Waals surface area contributed by atoms with Crippen LogP contribution in [0.3, 0.4) is 0 Å². The third-order valence-electron chi connectivity index (χ3n) is 4.77. The predicted octanol–water partition coefficient (Wildman–Crippen LogP) is 5.60. The Morgan fingerprint density at radius 1 is 1.03 bits per heavy atom. The van der Waals surface area contributed by atoms with Gasteiger partial charge in [0.15, 0.2) is 0 Å². The van der Waals surface area contributed by atoms with E-state index in [1.54, 1.807) is 16.7 Å². The number of thioether (sulfide) groups is 1. The van der Waals surface area contributed by atoms with Gasteiger partial charge < -0.3 is 10.2 Å². The van der Waals surface area contributed by atoms with Crippen LogP contribution in [-0.2, 0) is 21.9 Å². The Bertz CT molecular complexity index is 861. The number of rotatable bonds is 9. The van der Waals surface area contributed by atoms with E-state index in [1.165, 1.54) is 0 Å². The Balaban J connectivity index is 2.14. The highest BCUT2D eigenvalue weighted by molar-refractivity contribution is 7.99. The number of hydrogen-bond donors (Lipinski definition) is 1. The van der Waals surface area contributed by atoms with Crippen molar-refractivity contribution in [2.75, 3.05) is 5.75 Å². The van der Waals surface area contributed by atoms with Crippen LogP contribution < -0.4 is 5.32 Å². The molecule has 4 nitrogen and oxygen atoms in total. The monoisotopic (exact) mass is 460 g/mol. The summed E-state index contributed by atoms with van der Waals surface area (Å²) in [4.78, 5) is 27.9. The van der Waals surface area contributed by atoms with Crippen molar-refractivity contribution in [2.24, 2.45) is 0 Å². The highest BCUT2D eigenvalue weighted by atomic mass is 35.5. The maximum Gasteiger partial charge on any atom is 0.243 e. The largest absolute Gasteiger partial charge is 0.350 e. The minimum Gasteiger partial charge on any atom is -0.350 e. The van der Waals surface area contributed by atoms with Gasteiger partial charge >= 0.3 is 0 Å². The molecule has 31 heavy (non-hydrogen) atoms. The summed E-state index contributed by atoms with van der Waals surface area (Å²) in [6, 6.07) is 15.2. The zero-order valence-corrected chi connectivity index (χ0v) is 20.6. The van der Waals surface area contributed by atoms with Crippen molar-refractivity contribution in [1.29, 1.82) is 0 Å². The minimum atomic E-state index is -0.510. The SMILES string of the molecule is CC[C@H](C(=O)NC(C)(C)C)N(Cc1ccc(C)cc1)C(=O)CSCc1ccc(Cl)cc1. The molecule has 1 N–H and O–H groups in total. The van der Waals surface area contributed by atoms with E-state index in [0.717, 1.165) is 16.7 Å². The Morgan fingerprint density at radius 2 is 1.61 bits per heavy atom. The second kappa shape index (κ2) is 11.6. The lowest BCUT2D eigenvalue weighted by molar-refractivity contribution is -0.140. The molecule has 168 valence electrons. The number of halogens is 1. The van der Waals surface area contributed by atoms with Crippen LogP contribution >= 0.6 is 23.4 Å². The molecule has 2 rings (SSSR count). The Morgan fingerprint density at radius 3 is 2.16 bits per heavy atom. The van der Waals surface area contributed by atoms with Crippen molar-refractivity contribution >= 4 is 35.2 Å². The standard InChI is InChI=1S/C25H33ClN2O2S/c1-6-22(24(30)27-25(3,4)5)28(15-19-9-7-18(2)8-10-19)23(29)17-31-16-20-11-13-21(26)14-12-20/h7-14,22H,6,15-17H2,1-5H3,(H,27,30)/t22-/m1/s1. The van der Waals surface area contributed by atoms with E-state index in [0.29, 0.717) is 29.5 Å². The fourth-order valence-corrected chi connectivity index (χ4v) is 4.18. The summed E-state index contributed by atoms with van der Waals surface area (Å²) in [5, 5.41) is 3.73. The number of nitrogens with one attached hydrogen (secondary N) is 1. The Hall–Kier alpha value is -1.98. The number of benzene rings is 2. The first kappa shape index (κ1) is 25.3. The lowest BCUT2D eigenvalue weighted by atomic mass is 10.1. The van der Waals surface area contributed by atoms with E-state index in [4.69, 9.17) is 11.6 Å². The molecular formula is C25H33ClN2O2S. The molecular weight excluding hydrogens is 428 g/mol. The summed E-state index contributed by atoms with van der Waals surface area (Å²) in [7, 11) is 0. The van der Waals surface area contributed by atoms with Crippen LogP contribution in [0, 0.1) is 6.92 Å². The topological polar surface area (TPSA) is 49.4 Å². The summed E-state index contributed by atoms with van der Waals surface area (Å²) in [5.74, 6) is 0.883. The van der Waals surface area contributed by atoms with Gasteiger partial charge in [-0.3, -0.25) is 9.59 Å². The Labute approximate surface area is 195 Å². The molecule has 0 saturated heterocycles. The van der Waals surface area contributed by atoms with Crippen LogP contribution in [0.5, 0.6) is 0 Å². The van der Waals surface area contributed by atoms with E-state index < -0.39 is 6.04 Å². The van der Waals surface area contributed by atoms with Gasteiger partial charge in [0.1, 0.15) is 6.04 Å². The lowest BCUT2D eigenvalue weighted by Crippen LogP contribution is -2.53. The van der Waals surface area contributed by atoms with Crippen LogP contribution in [-0.4, -0.2) is 34.0 Å². The van der Waals surface area contributed by atoms with Crippen molar-refractivity contribution < 1.29 is 9.59 Å². The number of nitrogens with zero attached hydrogens (tertiary/aromatic N) is 1. The maximum absolute atomic E-state index is 13.2. The van der Waals surface area contributed by atoms with Crippen molar-refractivity contribution in [3.05, 3.63) is 70.2 Å². The second-order valence-corrected chi connectivity index (χ2v) is 10.2. The molecule has 2 aromatic rings. The normalized spacial score (nSPS) is 12.3. The number of hydrogen-bond acceptors (Lipinski definition) is 3. The van der Waals surface area contributed by atoms with Crippen LogP contribution in [0.25, 0.3) is 0 Å². The number of carbonyl (C=O) groups is 2. The van der Waals surface area contributed by atoms with Gasteiger partial charge in [0.25, 0.3) is 0 Å². The summed E-state index contributed by atoms with van der Waals surface area (Å²) < 4.78 is 0. The van der Waals surface area contributed by atoms with Gasteiger partial charge in [-0.25, -0.2) is 0 Å². The molecule has 1 atom stereocenters. The van der Waals surface area contributed by atoms with Crippen molar-refractivity contribution in [1.82, 2.24) is 10.2 Å². The molecule has 0 unspecified atom stereocenters. The van der Waals surface area contributed by atoms with Crippen LogP contribution in [0.2, 0.25) is 5.02 Å². The van der Waals surface area contributed by atoms with E-state index >= 15 is 0 Å². The van der Waals surface area contributed by atoms with Gasteiger partial charge in [-0.05, 0) is 57.4 Å². The molecule has 0 aliphatic rings. The third-order valence-corrected chi connectivity index (χ3v) is 6.01. The average molecular weight is 461 g/mol. The first-order chi connectivity index (χ1) is 14.6. The lowest BCUT2D eigenvalue weighted by Gasteiger charge is -2.33. The summed E-state index contributed by atoms with van der Waals surface area (Å²) in [5.41, 5.74) is 2.94. The highest BCUT2D eigenvalue weighted by Gasteiger charge is 2.30. The van der Waals surface area contributed by atoms with E-state index in [9.17, 15) is 9.59 Å². The van der Waals surface area contributed by atoms with Crippen molar-refractivity contribution in [3.8, 4) is 0 Å². The smallest absolute Gasteiger partial charge is 0.243 e. The summed E-state index contributed by atoms with van der Waals surface area (Å²) in [6.07, 6.45) is 0.557. The van der Waals surface area contributed by atoms with Gasteiger partial charge in [0, 0.05) is 22.9 Å². The predicted molar refractivity (Wildman–Crippen MR) is 131 cm³/mol. The van der Waals surface area contributed by atoms with Gasteiger partial charge in [-0.1, -0.05) is 60.5 Å². The van der Waals surface area contributed by atoms with Gasteiger partial charge in [-0.2, -0.15) is 0 Å². The van der Waals surface area contributed by atoms with Gasteiger partial charge in [0.05, 0.1) is 5.75 Å². The number of aryl methyl sites for hydroxylation is 1. The zero-order valence-electron chi connectivity index (χ0n) is 19.1. The second-order valence-electron chi connectivity index (χ2n) is 8.79. The molecule has 0 bridgehead atoms. The molecule has 0 fully saturated rings. The fourth-order valence-electron chi connectivity index (χ4n) is 3.18. The minimum absolute atomic E-state index is 0.0320. The molecule has 0 aliphatic carbocycles. The quantitative estimate of drug-likeness (QED) is 0.529. The molecule has 0 heterocycles.